The van der Waals surface area contributed by atoms with Crippen molar-refractivity contribution in [2.75, 3.05) is 0 Å². The molecule has 9 aromatic heterocycles. The third-order valence-corrected chi connectivity index (χ3v) is 31.2. The molecule has 4 nitrogen and oxygen atoms in total. The Morgan fingerprint density at radius 3 is 0.763 bits per heavy atom. The van der Waals surface area contributed by atoms with Gasteiger partial charge in [-0.1, -0.05) is 352 Å². The topological polar surface area (TPSA) is 17.6 Å². The van der Waals surface area contributed by atoms with E-state index in [-0.39, 0.29) is 0 Å². The zero-order chi connectivity index (χ0) is 84.8. The number of hydrogen-bond donors (Lipinski definition) is 0. The first-order chi connectivity index (χ1) is 65.1. The molecular weight excluding hydrogens is 1600 g/mol. The molecule has 0 saturated heterocycles. The number of nitrogens with zero attached hydrogens (tertiary/aromatic N) is 4. The van der Waals surface area contributed by atoms with Gasteiger partial charge < -0.3 is 17.6 Å². The Kier molecular flexibility index (Phi) is 13.9. The van der Waals surface area contributed by atoms with E-state index in [9.17, 15) is 0 Å². The summed E-state index contributed by atoms with van der Waals surface area (Å²) in [5, 5.41) is 46.1. The third-order valence-electron chi connectivity index (χ3n) is 29.9. The average Bonchev–Trinajstić information content (AvgIpc) is 1.53. The molecule has 0 fully saturated rings. The number of aromatic nitrogens is 4. The maximum Gasteiger partial charge on any atom is 0.0626 e. The Labute approximate surface area is 751 Å². The van der Waals surface area contributed by atoms with Crippen molar-refractivity contribution in [3.05, 3.63) is 425 Å². The summed E-state index contributed by atoms with van der Waals surface area (Å²) in [5.41, 5.74) is 25.9. The monoisotopic (exact) mass is 1670 g/mol. The molecule has 0 spiro atoms. The van der Waals surface area contributed by atoms with E-state index in [1.54, 1.807) is 0 Å². The van der Waals surface area contributed by atoms with E-state index in [1.807, 2.05) is 11.3 Å². The lowest BCUT2D eigenvalue weighted by Gasteiger charge is -2.09. The van der Waals surface area contributed by atoms with Gasteiger partial charge in [0, 0.05) is 106 Å². The Hall–Kier alpha value is -17.0. The highest BCUT2D eigenvalue weighted by molar-refractivity contribution is 7.26. The van der Waals surface area contributed by atoms with Crippen LogP contribution in [0.1, 0.15) is 0 Å². The van der Waals surface area contributed by atoms with Gasteiger partial charge in [0.2, 0.25) is 0 Å². The molecule has 25 aromatic carbocycles. The summed E-state index contributed by atoms with van der Waals surface area (Å²) >= 11 is 1.90. The number of rotatable bonds is 4. The molecule has 0 radical (unpaired) electrons. The highest BCUT2D eigenvalue weighted by Gasteiger charge is 2.29. The fourth-order valence-electron chi connectivity index (χ4n) is 24.6. The van der Waals surface area contributed by atoms with Crippen molar-refractivity contribution in [3.8, 4) is 44.5 Å². The van der Waals surface area contributed by atoms with Crippen molar-refractivity contribution in [3.63, 3.8) is 0 Å². The molecule has 0 unspecified atom stereocenters. The molecule has 5 heteroatoms. The maximum absolute atomic E-state index is 2.51. The number of para-hydroxylation sites is 1. The SMILES string of the molecule is c1ccc(-c2ccc(-c3ccc4c(c3)c3ccc5c6ccccc6c6cccc7c6c5c3n47)cc2)cc1.c1ccc(-c2ccc3c(c2)c2ccc4c5ccccc5c5cccc6c5c4c2n36)cc1.c1ccc2c(c1)c1cccc3c1c1c2ccc2c4ccccc4n3c21.c1ccc2c(c1)sc1c(-c3ccc4c(c3)c3ccc5c6ccccc6c6cccc7c6c5c3n47)cccc12. The minimum absolute atomic E-state index is 1.24. The summed E-state index contributed by atoms with van der Waals surface area (Å²) in [7, 11) is 0. The number of thiophene rings is 1. The van der Waals surface area contributed by atoms with Gasteiger partial charge in [0.05, 0.1) is 66.2 Å². The van der Waals surface area contributed by atoms with E-state index in [0.29, 0.717) is 0 Å². The molecule has 0 amide bonds. The van der Waals surface area contributed by atoms with E-state index in [2.05, 4.69) is 442 Å². The minimum atomic E-state index is 1.24. The van der Waals surface area contributed by atoms with Crippen LogP contribution in [0.4, 0.5) is 0 Å². The summed E-state index contributed by atoms with van der Waals surface area (Å²) in [4.78, 5) is 0. The van der Waals surface area contributed by atoms with E-state index < -0.39 is 0 Å². The second-order valence-electron chi connectivity index (χ2n) is 36.2. The number of benzene rings is 25. The fourth-order valence-corrected chi connectivity index (χ4v) is 25.8. The van der Waals surface area contributed by atoms with Gasteiger partial charge in [0.25, 0.3) is 0 Å². The van der Waals surface area contributed by atoms with E-state index in [4.69, 9.17) is 0 Å². The molecule has 0 aliphatic heterocycles. The van der Waals surface area contributed by atoms with Gasteiger partial charge in [-0.25, -0.2) is 0 Å². The maximum atomic E-state index is 2.51. The molecule has 34 aromatic rings. The van der Waals surface area contributed by atoms with Crippen molar-refractivity contribution in [2.45, 2.75) is 0 Å². The van der Waals surface area contributed by atoms with Gasteiger partial charge in [0.15, 0.2) is 0 Å². The molecule has 600 valence electrons. The molecule has 131 heavy (non-hydrogen) atoms. The normalized spacial score (nSPS) is 12.6. The average molecular weight is 1670 g/mol. The predicted octanol–water partition coefficient (Wildman–Crippen LogP) is 35.4. The Balaban J connectivity index is 0.0000000833. The highest BCUT2D eigenvalue weighted by Crippen LogP contribution is 2.54. The second kappa shape index (κ2) is 25.9. The molecular formula is C126H70N4S. The van der Waals surface area contributed by atoms with Gasteiger partial charge in [-0.3, -0.25) is 0 Å². The Bertz CT molecular complexity index is 10800. The summed E-state index contributed by atoms with van der Waals surface area (Å²) in [6.45, 7) is 0. The Morgan fingerprint density at radius 1 is 0.130 bits per heavy atom. The van der Waals surface area contributed by atoms with E-state index >= 15 is 0 Å². The van der Waals surface area contributed by atoms with Crippen LogP contribution in [0.15, 0.2) is 425 Å². The van der Waals surface area contributed by atoms with Gasteiger partial charge >= 0.3 is 0 Å². The Morgan fingerprint density at radius 2 is 0.374 bits per heavy atom. The summed E-state index contributed by atoms with van der Waals surface area (Å²) in [5.74, 6) is 0. The first kappa shape index (κ1) is 70.2. The molecule has 0 saturated carbocycles. The van der Waals surface area contributed by atoms with Crippen molar-refractivity contribution in [1.29, 1.82) is 0 Å². The summed E-state index contributed by atoms with van der Waals surface area (Å²) in [6.07, 6.45) is 0. The fraction of sp³-hybridized carbons (Fsp3) is 0. The van der Waals surface area contributed by atoms with Crippen LogP contribution in [-0.4, -0.2) is 17.6 Å². The number of fused-ring (bicyclic) bond motifs is 31. The van der Waals surface area contributed by atoms with Crippen LogP contribution >= 0.6 is 11.3 Å². The van der Waals surface area contributed by atoms with Crippen molar-refractivity contribution < 1.29 is 0 Å². The molecule has 0 N–H and O–H groups in total. The third kappa shape index (κ3) is 9.26. The van der Waals surface area contributed by atoms with E-state index in [1.165, 1.54) is 303 Å². The van der Waals surface area contributed by atoms with Gasteiger partial charge in [-0.15, -0.1) is 11.3 Å². The van der Waals surface area contributed by atoms with Crippen molar-refractivity contribution in [1.82, 2.24) is 17.6 Å². The predicted molar refractivity (Wildman–Crippen MR) is 564 cm³/mol. The summed E-state index contributed by atoms with van der Waals surface area (Å²) < 4.78 is 12.7. The molecule has 0 atom stereocenters. The lowest BCUT2D eigenvalue weighted by Crippen LogP contribution is -1.84. The molecule has 0 bridgehead atoms. The summed E-state index contributed by atoms with van der Waals surface area (Å²) in [6, 6.07) is 157. The van der Waals surface area contributed by atoms with Crippen LogP contribution < -0.4 is 0 Å². The smallest absolute Gasteiger partial charge is 0.0626 e. The standard InChI is InChI=1S/C36H19NS.C36H21N.C30H17N.C24H13N/c1-2-8-23-22(7-1)25-11-6-13-31-33(25)34-26(23)16-17-27-29-19-20(15-18-30(29)37(31)35(27)34)21-10-5-12-28-24-9-3-4-14-32(24)38-36(21)28;1-2-7-22(8-3-1)23-13-15-24(16-14-23)25-17-20-32-31(21-25)30-19-18-29-27-10-5-4-9-26(27)28-11-6-12-33-34(28)35(29)36(30)37(32)33;1-2-7-18(8-3-1)19-13-16-26-25(17-19)24-15-14-23-21-10-5-4-9-20(21)22-11-6-12-27-28(22)29(23)30(24)31(26)27;1-2-7-15-14(6-1)17-9-5-11-21-22(17)23-18(15)12-13-19-16-8-3-4-10-20(16)25(21)24(19)23/h1-19H;1-21H;1-17H;1-13H. The van der Waals surface area contributed by atoms with Gasteiger partial charge in [-0.2, -0.15) is 0 Å². The molecule has 0 aliphatic rings. The van der Waals surface area contributed by atoms with Crippen LogP contribution in [0.5, 0.6) is 0 Å². The molecule has 9 heterocycles. The first-order valence-electron chi connectivity index (χ1n) is 45.5. The first-order valence-corrected chi connectivity index (χ1v) is 46.3. The van der Waals surface area contributed by atoms with Crippen LogP contribution in [0.2, 0.25) is 0 Å². The van der Waals surface area contributed by atoms with Gasteiger partial charge in [0.1, 0.15) is 0 Å². The highest BCUT2D eigenvalue weighted by atomic mass is 32.1. The zero-order valence-corrected chi connectivity index (χ0v) is 71.4. The molecule has 0 aliphatic carbocycles. The van der Waals surface area contributed by atoms with Crippen LogP contribution in [0, 0.1) is 0 Å². The zero-order valence-electron chi connectivity index (χ0n) is 70.6. The van der Waals surface area contributed by atoms with Crippen LogP contribution in [0.25, 0.3) is 303 Å². The largest absolute Gasteiger partial charge is 0.308 e. The van der Waals surface area contributed by atoms with Crippen LogP contribution in [0.3, 0.4) is 0 Å². The lowest BCUT2D eigenvalue weighted by molar-refractivity contribution is 1.37. The number of hydrogen-bond acceptors (Lipinski definition) is 1. The van der Waals surface area contributed by atoms with Crippen molar-refractivity contribution >= 4 is 270 Å². The quantitative estimate of drug-likeness (QED) is 0.156. The van der Waals surface area contributed by atoms with Crippen molar-refractivity contribution in [2.24, 2.45) is 0 Å². The minimum Gasteiger partial charge on any atom is -0.308 e. The molecule has 34 rings (SSSR count). The van der Waals surface area contributed by atoms with Crippen LogP contribution in [-0.2, 0) is 0 Å². The van der Waals surface area contributed by atoms with Gasteiger partial charge in [-0.05, 0) is 203 Å². The van der Waals surface area contributed by atoms with E-state index in [0.717, 1.165) is 0 Å². The second-order valence-corrected chi connectivity index (χ2v) is 37.2. The lowest BCUT2D eigenvalue weighted by atomic mass is 9.93.